The van der Waals surface area contributed by atoms with Gasteiger partial charge in [0.15, 0.2) is 0 Å². The zero-order valence-corrected chi connectivity index (χ0v) is 14.7. The van der Waals surface area contributed by atoms with Gasteiger partial charge in [0.05, 0.1) is 41.8 Å². The molecule has 0 unspecified atom stereocenters. The number of ether oxygens (including phenoxy) is 1. The number of rotatable bonds is 5. The van der Waals surface area contributed by atoms with E-state index < -0.39 is 0 Å². The van der Waals surface area contributed by atoms with Gasteiger partial charge in [-0.25, -0.2) is 9.97 Å². The summed E-state index contributed by atoms with van der Waals surface area (Å²) < 4.78 is 8.21. The quantitative estimate of drug-likeness (QED) is 0.843. The summed E-state index contributed by atoms with van der Waals surface area (Å²) in [6.07, 6.45) is 6.09. The van der Waals surface area contributed by atoms with E-state index in [0.717, 1.165) is 29.8 Å². The number of hydrogen-bond acceptors (Lipinski definition) is 5. The molecule has 0 spiro atoms. The summed E-state index contributed by atoms with van der Waals surface area (Å²) in [6.45, 7) is 7.67. The summed E-state index contributed by atoms with van der Waals surface area (Å²) in [5.74, 6) is 1.20. The van der Waals surface area contributed by atoms with Gasteiger partial charge in [0.2, 0.25) is 0 Å². The Bertz CT molecular complexity index is 676. The van der Waals surface area contributed by atoms with Crippen LogP contribution in [0.3, 0.4) is 0 Å². The average molecular weight is 332 g/mol. The van der Waals surface area contributed by atoms with Crippen molar-refractivity contribution in [2.24, 2.45) is 0 Å². The third-order valence-electron chi connectivity index (χ3n) is 5.13. The summed E-state index contributed by atoms with van der Waals surface area (Å²) >= 11 is 1.67. The molecule has 0 amide bonds. The molecule has 2 aromatic rings. The number of nitrogens with zero attached hydrogens (tertiary/aromatic N) is 4. The van der Waals surface area contributed by atoms with Gasteiger partial charge in [-0.15, -0.1) is 11.3 Å². The van der Waals surface area contributed by atoms with Crippen LogP contribution in [0.25, 0.3) is 0 Å². The molecule has 1 aliphatic carbocycles. The van der Waals surface area contributed by atoms with Crippen molar-refractivity contribution < 1.29 is 4.74 Å². The zero-order valence-electron chi connectivity index (χ0n) is 13.9. The third-order valence-corrected chi connectivity index (χ3v) is 5.95. The maximum absolute atomic E-state index is 5.86. The van der Waals surface area contributed by atoms with Crippen molar-refractivity contribution in [3.05, 3.63) is 33.8 Å². The van der Waals surface area contributed by atoms with Crippen molar-refractivity contribution in [3.8, 4) is 0 Å². The van der Waals surface area contributed by atoms with E-state index in [1.807, 2.05) is 13.1 Å². The molecule has 1 atom stereocenters. The lowest BCUT2D eigenvalue weighted by Gasteiger charge is -2.43. The molecule has 1 fully saturated rings. The Kier molecular flexibility index (Phi) is 4.22. The lowest BCUT2D eigenvalue weighted by Crippen LogP contribution is -2.46. The smallest absolute Gasteiger partial charge is 0.126 e. The normalized spacial score (nSPS) is 22.1. The largest absolute Gasteiger partial charge is 0.369 e. The second kappa shape index (κ2) is 6.34. The van der Waals surface area contributed by atoms with Crippen molar-refractivity contribution >= 4 is 11.3 Å². The molecular formula is C17H24N4OS. The molecule has 2 aliphatic rings. The van der Waals surface area contributed by atoms with Gasteiger partial charge in [-0.2, -0.15) is 0 Å². The third kappa shape index (κ3) is 2.95. The van der Waals surface area contributed by atoms with Crippen LogP contribution in [-0.4, -0.2) is 32.0 Å². The van der Waals surface area contributed by atoms with Gasteiger partial charge in [-0.05, 0) is 26.7 Å². The lowest BCUT2D eigenvalue weighted by molar-refractivity contribution is 0.0567. The van der Waals surface area contributed by atoms with Crippen LogP contribution in [0.2, 0.25) is 0 Å². The molecule has 0 bridgehead atoms. The van der Waals surface area contributed by atoms with Gasteiger partial charge in [-0.3, -0.25) is 4.90 Å². The molecule has 4 rings (SSSR count). The fourth-order valence-electron chi connectivity index (χ4n) is 3.64. The molecule has 124 valence electrons. The number of imidazole rings is 1. The first-order chi connectivity index (χ1) is 11.2. The number of hydrogen-bond donors (Lipinski definition) is 0. The van der Waals surface area contributed by atoms with Gasteiger partial charge in [0.1, 0.15) is 5.82 Å². The van der Waals surface area contributed by atoms with Gasteiger partial charge in [0.25, 0.3) is 0 Å². The Labute approximate surface area is 141 Å². The summed E-state index contributed by atoms with van der Waals surface area (Å²) in [5, 5.41) is 3.16. The van der Waals surface area contributed by atoms with Crippen LogP contribution in [0.15, 0.2) is 11.6 Å². The van der Waals surface area contributed by atoms with Crippen LogP contribution in [-0.2, 0) is 24.5 Å². The highest BCUT2D eigenvalue weighted by Gasteiger charge is 2.34. The first-order valence-electron chi connectivity index (χ1n) is 8.51. The summed E-state index contributed by atoms with van der Waals surface area (Å²) in [6, 6.07) is 1.20. The molecule has 3 heterocycles. The summed E-state index contributed by atoms with van der Waals surface area (Å²) in [4.78, 5) is 11.8. The summed E-state index contributed by atoms with van der Waals surface area (Å²) in [5.41, 5.74) is 2.21. The molecule has 1 saturated carbocycles. The number of aryl methyl sites for hydroxylation is 1. The highest BCUT2D eigenvalue weighted by molar-refractivity contribution is 7.09. The van der Waals surface area contributed by atoms with Crippen molar-refractivity contribution in [1.29, 1.82) is 0 Å². The first-order valence-corrected chi connectivity index (χ1v) is 9.39. The molecule has 5 nitrogen and oxygen atoms in total. The monoisotopic (exact) mass is 332 g/mol. The van der Waals surface area contributed by atoms with E-state index in [1.54, 1.807) is 11.3 Å². The van der Waals surface area contributed by atoms with E-state index in [2.05, 4.69) is 31.7 Å². The van der Waals surface area contributed by atoms with Gasteiger partial charge in [0, 0.05) is 24.5 Å². The van der Waals surface area contributed by atoms with Gasteiger partial charge in [-0.1, -0.05) is 6.42 Å². The Morgan fingerprint density at radius 2 is 2.17 bits per heavy atom. The molecular weight excluding hydrogens is 308 g/mol. The Hall–Kier alpha value is -1.24. The van der Waals surface area contributed by atoms with E-state index in [4.69, 9.17) is 4.74 Å². The van der Waals surface area contributed by atoms with Crippen LogP contribution >= 0.6 is 11.3 Å². The van der Waals surface area contributed by atoms with Crippen LogP contribution < -0.4 is 0 Å². The zero-order chi connectivity index (χ0) is 15.8. The standard InChI is InChI=1S/C17H24N4OS/c1-12-17-18-8-16(10-22-9-14-11-23-13(2)19-14)21(17)7-6-20(12)15-4-3-5-15/h8,11-12,15H,3-7,9-10H2,1-2H3/t12-/m0/s1. The summed E-state index contributed by atoms with van der Waals surface area (Å²) in [7, 11) is 0. The lowest BCUT2D eigenvalue weighted by atomic mass is 9.90. The maximum atomic E-state index is 5.86. The van der Waals surface area contributed by atoms with Gasteiger partial charge < -0.3 is 9.30 Å². The van der Waals surface area contributed by atoms with Crippen molar-refractivity contribution in [1.82, 2.24) is 19.4 Å². The van der Waals surface area contributed by atoms with Crippen LogP contribution in [0.1, 0.15) is 54.4 Å². The Morgan fingerprint density at radius 1 is 1.30 bits per heavy atom. The predicted molar refractivity (Wildman–Crippen MR) is 90.3 cm³/mol. The maximum Gasteiger partial charge on any atom is 0.126 e. The van der Waals surface area contributed by atoms with Crippen molar-refractivity contribution in [2.75, 3.05) is 6.54 Å². The molecule has 6 heteroatoms. The van der Waals surface area contributed by atoms with E-state index in [0.29, 0.717) is 19.3 Å². The van der Waals surface area contributed by atoms with E-state index in [-0.39, 0.29) is 0 Å². The van der Waals surface area contributed by atoms with Crippen molar-refractivity contribution in [3.63, 3.8) is 0 Å². The number of fused-ring (bicyclic) bond motifs is 1. The number of thiazole rings is 1. The van der Waals surface area contributed by atoms with Crippen LogP contribution in [0.5, 0.6) is 0 Å². The predicted octanol–water partition coefficient (Wildman–Crippen LogP) is 3.29. The highest BCUT2D eigenvalue weighted by Crippen LogP contribution is 2.34. The van der Waals surface area contributed by atoms with E-state index >= 15 is 0 Å². The Morgan fingerprint density at radius 3 is 2.87 bits per heavy atom. The second-order valence-electron chi connectivity index (χ2n) is 6.61. The van der Waals surface area contributed by atoms with Gasteiger partial charge >= 0.3 is 0 Å². The molecule has 0 radical (unpaired) electrons. The average Bonchev–Trinajstić information content (AvgIpc) is 3.07. The molecule has 1 aliphatic heterocycles. The first kappa shape index (κ1) is 15.3. The highest BCUT2D eigenvalue weighted by atomic mass is 32.1. The fourth-order valence-corrected chi connectivity index (χ4v) is 4.24. The minimum atomic E-state index is 0.420. The fraction of sp³-hybridized carbons (Fsp3) is 0.647. The topological polar surface area (TPSA) is 43.2 Å². The molecule has 0 N–H and O–H groups in total. The number of aromatic nitrogens is 3. The molecule has 23 heavy (non-hydrogen) atoms. The Balaban J connectivity index is 1.39. The van der Waals surface area contributed by atoms with E-state index in [1.165, 1.54) is 30.8 Å². The minimum Gasteiger partial charge on any atom is -0.369 e. The van der Waals surface area contributed by atoms with Crippen LogP contribution in [0, 0.1) is 6.92 Å². The molecule has 0 aromatic carbocycles. The van der Waals surface area contributed by atoms with Crippen molar-refractivity contribution in [2.45, 2.75) is 65.0 Å². The van der Waals surface area contributed by atoms with E-state index in [9.17, 15) is 0 Å². The molecule has 2 aromatic heterocycles. The second-order valence-corrected chi connectivity index (χ2v) is 7.67. The minimum absolute atomic E-state index is 0.420. The SMILES string of the molecule is Cc1nc(COCc2cnc3n2CCN(C2CCC2)[C@H]3C)cs1. The van der Waals surface area contributed by atoms with Crippen LogP contribution in [0.4, 0.5) is 0 Å². The molecule has 0 saturated heterocycles.